The standard InChI is InChI=1S/C20H25NO3S/c1-4-6-11-24-18-9-7-16(8-10-18)12-17(13-19(22)23-5-2)20-21-14-15(3)25-20/h7-10,13-14H,4-6,11-12H2,1-3H3. The Labute approximate surface area is 153 Å². The molecule has 0 saturated carbocycles. The Morgan fingerprint density at radius 2 is 2.00 bits per heavy atom. The van der Waals surface area contributed by atoms with Gasteiger partial charge in [-0.1, -0.05) is 25.5 Å². The van der Waals surface area contributed by atoms with Gasteiger partial charge >= 0.3 is 5.97 Å². The molecular weight excluding hydrogens is 334 g/mol. The topological polar surface area (TPSA) is 48.4 Å². The van der Waals surface area contributed by atoms with Crippen molar-refractivity contribution in [3.63, 3.8) is 0 Å². The lowest BCUT2D eigenvalue weighted by Gasteiger charge is -2.08. The van der Waals surface area contributed by atoms with Crippen LogP contribution in [-0.2, 0) is 16.0 Å². The fraction of sp³-hybridized carbons (Fsp3) is 0.400. The maximum atomic E-state index is 11.9. The van der Waals surface area contributed by atoms with E-state index in [2.05, 4.69) is 11.9 Å². The molecule has 0 spiro atoms. The van der Waals surface area contributed by atoms with E-state index in [1.54, 1.807) is 24.3 Å². The first kappa shape index (κ1) is 19.2. The second-order valence-electron chi connectivity index (χ2n) is 5.72. The summed E-state index contributed by atoms with van der Waals surface area (Å²) in [6, 6.07) is 8.00. The molecule has 0 N–H and O–H groups in total. The Bertz CT molecular complexity index is 704. The molecule has 2 rings (SSSR count). The molecule has 0 radical (unpaired) electrons. The number of carbonyl (C=O) groups is 1. The molecule has 0 aliphatic heterocycles. The van der Waals surface area contributed by atoms with Gasteiger partial charge in [0.15, 0.2) is 0 Å². The van der Waals surface area contributed by atoms with Gasteiger partial charge in [-0.15, -0.1) is 11.3 Å². The molecule has 1 heterocycles. The molecule has 0 atom stereocenters. The van der Waals surface area contributed by atoms with Crippen LogP contribution in [0.5, 0.6) is 5.75 Å². The predicted octanol–water partition coefficient (Wildman–Crippen LogP) is 4.82. The quantitative estimate of drug-likeness (QED) is 0.366. The van der Waals surface area contributed by atoms with Gasteiger partial charge in [0.05, 0.1) is 13.2 Å². The molecule has 0 bridgehead atoms. The highest BCUT2D eigenvalue weighted by Gasteiger charge is 2.11. The van der Waals surface area contributed by atoms with Gasteiger partial charge in [-0.05, 0) is 43.5 Å². The average Bonchev–Trinajstić information content (AvgIpc) is 3.03. The minimum atomic E-state index is -0.329. The van der Waals surface area contributed by atoms with Gasteiger partial charge in [0.2, 0.25) is 0 Å². The Hall–Kier alpha value is -2.14. The first-order valence-electron chi connectivity index (χ1n) is 8.64. The number of hydrogen-bond donors (Lipinski definition) is 0. The molecule has 0 aliphatic carbocycles. The van der Waals surface area contributed by atoms with Gasteiger partial charge in [-0.2, -0.15) is 0 Å². The van der Waals surface area contributed by atoms with Crippen molar-refractivity contribution in [1.29, 1.82) is 0 Å². The van der Waals surface area contributed by atoms with E-state index in [0.717, 1.165) is 46.2 Å². The van der Waals surface area contributed by atoms with Gasteiger partial charge in [0.1, 0.15) is 10.8 Å². The highest BCUT2D eigenvalue weighted by molar-refractivity contribution is 7.12. The van der Waals surface area contributed by atoms with Crippen molar-refractivity contribution in [2.24, 2.45) is 0 Å². The summed E-state index contributed by atoms with van der Waals surface area (Å²) < 4.78 is 10.7. The summed E-state index contributed by atoms with van der Waals surface area (Å²) in [7, 11) is 0. The molecule has 0 amide bonds. The number of aromatic nitrogens is 1. The predicted molar refractivity (Wildman–Crippen MR) is 102 cm³/mol. The summed E-state index contributed by atoms with van der Waals surface area (Å²) in [6.07, 6.45) is 6.17. The van der Waals surface area contributed by atoms with Crippen molar-refractivity contribution < 1.29 is 14.3 Å². The first-order valence-corrected chi connectivity index (χ1v) is 9.45. The fourth-order valence-electron chi connectivity index (χ4n) is 2.28. The number of carbonyl (C=O) groups excluding carboxylic acids is 1. The number of aryl methyl sites for hydroxylation is 1. The lowest BCUT2D eigenvalue weighted by molar-refractivity contribution is -0.137. The molecule has 4 nitrogen and oxygen atoms in total. The third-order valence-corrected chi connectivity index (χ3v) is 4.55. The van der Waals surface area contributed by atoms with E-state index in [-0.39, 0.29) is 5.97 Å². The number of benzene rings is 1. The molecule has 5 heteroatoms. The van der Waals surface area contributed by atoms with Crippen molar-refractivity contribution >= 4 is 22.9 Å². The summed E-state index contributed by atoms with van der Waals surface area (Å²) in [5.41, 5.74) is 1.97. The average molecular weight is 359 g/mol. The maximum Gasteiger partial charge on any atom is 0.331 e. The summed E-state index contributed by atoms with van der Waals surface area (Å²) in [6.45, 7) is 7.05. The van der Waals surface area contributed by atoms with Gasteiger partial charge < -0.3 is 9.47 Å². The van der Waals surface area contributed by atoms with Crippen LogP contribution in [-0.4, -0.2) is 24.2 Å². The van der Waals surface area contributed by atoms with Gasteiger partial charge in [0, 0.05) is 23.6 Å². The van der Waals surface area contributed by atoms with Crippen molar-refractivity contribution in [2.45, 2.75) is 40.0 Å². The number of nitrogens with zero attached hydrogens (tertiary/aromatic N) is 1. The number of unbranched alkanes of at least 4 members (excludes halogenated alkanes) is 1. The SMILES string of the molecule is CCCCOc1ccc(CC(=CC(=O)OCC)c2ncc(C)s2)cc1. The Balaban J connectivity index is 2.12. The second-order valence-corrected chi connectivity index (χ2v) is 6.96. The number of ether oxygens (including phenoxy) is 2. The van der Waals surface area contributed by atoms with E-state index < -0.39 is 0 Å². The molecule has 0 saturated heterocycles. The van der Waals surface area contributed by atoms with Gasteiger partial charge in [-0.25, -0.2) is 9.78 Å². The van der Waals surface area contributed by atoms with Crippen molar-refractivity contribution in [3.8, 4) is 5.75 Å². The molecular formula is C20H25NO3S. The Morgan fingerprint density at radius 3 is 2.60 bits per heavy atom. The van der Waals surface area contributed by atoms with E-state index in [0.29, 0.717) is 13.0 Å². The number of esters is 1. The zero-order chi connectivity index (χ0) is 18.1. The van der Waals surface area contributed by atoms with Crippen LogP contribution in [0.25, 0.3) is 5.57 Å². The summed E-state index contributed by atoms with van der Waals surface area (Å²) in [4.78, 5) is 17.4. The molecule has 134 valence electrons. The third-order valence-electron chi connectivity index (χ3n) is 3.56. The van der Waals surface area contributed by atoms with Crippen LogP contribution in [0.2, 0.25) is 0 Å². The zero-order valence-corrected chi connectivity index (χ0v) is 15.9. The first-order chi connectivity index (χ1) is 12.1. The molecule has 1 aromatic carbocycles. The Morgan fingerprint density at radius 1 is 1.24 bits per heavy atom. The lowest BCUT2D eigenvalue weighted by Crippen LogP contribution is -2.02. The number of rotatable bonds is 9. The van der Waals surface area contributed by atoms with Crippen LogP contribution in [0.1, 0.15) is 42.1 Å². The molecule has 2 aromatic rings. The Kier molecular flexibility index (Phi) is 7.67. The monoisotopic (exact) mass is 359 g/mol. The molecule has 0 fully saturated rings. The van der Waals surface area contributed by atoms with Gasteiger partial charge in [0.25, 0.3) is 0 Å². The normalized spacial score (nSPS) is 11.4. The number of allylic oxidation sites excluding steroid dienone is 1. The number of thiazole rings is 1. The van der Waals surface area contributed by atoms with Crippen LogP contribution in [0, 0.1) is 6.92 Å². The minimum absolute atomic E-state index is 0.329. The van der Waals surface area contributed by atoms with E-state index in [9.17, 15) is 4.79 Å². The smallest absolute Gasteiger partial charge is 0.331 e. The van der Waals surface area contributed by atoms with E-state index in [1.807, 2.05) is 37.4 Å². The summed E-state index contributed by atoms with van der Waals surface area (Å²) >= 11 is 1.58. The molecule has 1 aromatic heterocycles. The molecule has 0 unspecified atom stereocenters. The molecule has 0 aliphatic rings. The van der Waals surface area contributed by atoms with Crippen LogP contribution in [0.4, 0.5) is 0 Å². The van der Waals surface area contributed by atoms with Crippen LogP contribution in [0.15, 0.2) is 36.5 Å². The maximum absolute atomic E-state index is 11.9. The second kappa shape index (κ2) is 9.99. The minimum Gasteiger partial charge on any atom is -0.494 e. The van der Waals surface area contributed by atoms with Crippen LogP contribution < -0.4 is 4.74 Å². The van der Waals surface area contributed by atoms with Crippen molar-refractivity contribution in [1.82, 2.24) is 4.98 Å². The van der Waals surface area contributed by atoms with E-state index in [4.69, 9.17) is 9.47 Å². The number of hydrogen-bond acceptors (Lipinski definition) is 5. The third kappa shape index (κ3) is 6.35. The van der Waals surface area contributed by atoms with Crippen LogP contribution >= 0.6 is 11.3 Å². The highest BCUT2D eigenvalue weighted by atomic mass is 32.1. The largest absolute Gasteiger partial charge is 0.494 e. The lowest BCUT2D eigenvalue weighted by atomic mass is 10.1. The zero-order valence-electron chi connectivity index (χ0n) is 15.1. The molecule has 25 heavy (non-hydrogen) atoms. The van der Waals surface area contributed by atoms with Gasteiger partial charge in [-0.3, -0.25) is 0 Å². The highest BCUT2D eigenvalue weighted by Crippen LogP contribution is 2.25. The van der Waals surface area contributed by atoms with E-state index >= 15 is 0 Å². The summed E-state index contributed by atoms with van der Waals surface area (Å²) in [5, 5.41) is 0.855. The fourth-order valence-corrected chi connectivity index (χ4v) is 3.05. The van der Waals surface area contributed by atoms with Crippen molar-refractivity contribution in [2.75, 3.05) is 13.2 Å². The van der Waals surface area contributed by atoms with Crippen molar-refractivity contribution in [3.05, 3.63) is 52.0 Å². The summed E-state index contributed by atoms with van der Waals surface area (Å²) in [5.74, 6) is 0.545. The van der Waals surface area contributed by atoms with E-state index in [1.165, 1.54) is 0 Å². The van der Waals surface area contributed by atoms with Crippen LogP contribution in [0.3, 0.4) is 0 Å².